The lowest BCUT2D eigenvalue weighted by Gasteiger charge is -2.15. The number of ether oxygens (including phenoxy) is 1. The van der Waals surface area contributed by atoms with Crippen molar-refractivity contribution >= 4 is 5.84 Å². The van der Waals surface area contributed by atoms with E-state index in [0.29, 0.717) is 11.1 Å². The van der Waals surface area contributed by atoms with E-state index in [1.807, 2.05) is 0 Å². The lowest BCUT2D eigenvalue weighted by atomic mass is 10.1. The van der Waals surface area contributed by atoms with Crippen LogP contribution < -0.4 is 10.5 Å². The highest BCUT2D eigenvalue weighted by Crippen LogP contribution is 2.36. The summed E-state index contributed by atoms with van der Waals surface area (Å²) in [6.07, 6.45) is -4.48. The molecule has 0 saturated heterocycles. The Labute approximate surface area is 119 Å². The lowest BCUT2D eigenvalue weighted by molar-refractivity contribution is -0.139. The van der Waals surface area contributed by atoms with Crippen LogP contribution in [0.25, 0.3) is 0 Å². The summed E-state index contributed by atoms with van der Waals surface area (Å²) in [5.41, 5.74) is 5.61. The van der Waals surface area contributed by atoms with Gasteiger partial charge < -0.3 is 10.5 Å². The number of hydrogen-bond donors (Lipinski definition) is 2. The molecule has 0 spiro atoms. The van der Waals surface area contributed by atoms with Gasteiger partial charge in [0, 0.05) is 11.1 Å². The Bertz CT molecular complexity index is 653. The van der Waals surface area contributed by atoms with Crippen LogP contribution >= 0.6 is 0 Å². The molecular weight excluding hydrogens is 281 g/mol. The average Bonchev–Trinajstić information content (AvgIpc) is 2.44. The van der Waals surface area contributed by atoms with E-state index >= 15 is 0 Å². The van der Waals surface area contributed by atoms with Crippen molar-refractivity contribution in [2.45, 2.75) is 12.8 Å². The molecule has 0 aliphatic rings. The number of hydrogen-bond acceptors (Lipinski definition) is 2. The second-order valence-electron chi connectivity index (χ2n) is 4.35. The molecule has 0 bridgehead atoms. The molecule has 0 heterocycles. The third-order valence-corrected chi connectivity index (χ3v) is 2.88. The van der Waals surface area contributed by atoms with Crippen molar-refractivity contribution in [3.8, 4) is 5.75 Å². The van der Waals surface area contributed by atoms with Crippen LogP contribution in [0, 0.1) is 5.41 Å². The fraction of sp³-hybridized carbons (Fsp3) is 0.133. The smallest absolute Gasteiger partial charge is 0.419 e. The van der Waals surface area contributed by atoms with Crippen molar-refractivity contribution in [3.63, 3.8) is 0 Å². The summed E-state index contributed by atoms with van der Waals surface area (Å²) in [5, 5.41) is 7.44. The molecule has 2 rings (SSSR count). The molecule has 0 atom stereocenters. The summed E-state index contributed by atoms with van der Waals surface area (Å²) in [7, 11) is 0. The van der Waals surface area contributed by atoms with Crippen molar-refractivity contribution in [2.24, 2.45) is 5.73 Å². The molecule has 0 unspecified atom stereocenters. The quantitative estimate of drug-likeness (QED) is 0.669. The molecule has 0 fully saturated rings. The summed E-state index contributed by atoms with van der Waals surface area (Å²) in [4.78, 5) is 0. The fourth-order valence-electron chi connectivity index (χ4n) is 1.89. The number of amidine groups is 1. The van der Waals surface area contributed by atoms with Crippen LogP contribution in [-0.2, 0) is 12.8 Å². The Morgan fingerprint density at radius 1 is 1.05 bits per heavy atom. The number of benzene rings is 2. The van der Waals surface area contributed by atoms with Crippen LogP contribution in [-0.4, -0.2) is 5.84 Å². The van der Waals surface area contributed by atoms with Gasteiger partial charge in [0.15, 0.2) is 0 Å². The molecule has 2 aromatic rings. The molecule has 6 heteroatoms. The molecule has 0 amide bonds. The van der Waals surface area contributed by atoms with Crippen molar-refractivity contribution in [1.29, 1.82) is 5.41 Å². The van der Waals surface area contributed by atoms with Crippen LogP contribution in [0.3, 0.4) is 0 Å². The van der Waals surface area contributed by atoms with Gasteiger partial charge in [0.05, 0.1) is 5.56 Å². The minimum atomic E-state index is -4.48. The first-order chi connectivity index (χ1) is 9.89. The zero-order chi connectivity index (χ0) is 15.5. The molecule has 0 aromatic heterocycles. The van der Waals surface area contributed by atoms with E-state index in [1.54, 1.807) is 24.3 Å². The number of alkyl halides is 3. The molecule has 0 aliphatic heterocycles. The maximum Gasteiger partial charge on any atom is 0.419 e. The first-order valence-corrected chi connectivity index (χ1v) is 6.11. The zero-order valence-electron chi connectivity index (χ0n) is 10.9. The van der Waals surface area contributed by atoms with E-state index in [4.69, 9.17) is 15.9 Å². The minimum absolute atomic E-state index is 0.0944. The van der Waals surface area contributed by atoms with E-state index in [2.05, 4.69) is 0 Å². The third-order valence-electron chi connectivity index (χ3n) is 2.88. The highest BCUT2D eigenvalue weighted by Gasteiger charge is 2.34. The molecule has 21 heavy (non-hydrogen) atoms. The molecule has 3 N–H and O–H groups in total. The van der Waals surface area contributed by atoms with Gasteiger partial charge in [0.1, 0.15) is 18.2 Å². The van der Waals surface area contributed by atoms with E-state index in [-0.39, 0.29) is 18.2 Å². The SMILES string of the molecule is N=C(N)c1ccccc1COc1ccccc1C(F)(F)F. The van der Waals surface area contributed by atoms with E-state index < -0.39 is 11.7 Å². The molecule has 0 radical (unpaired) electrons. The fourth-order valence-corrected chi connectivity index (χ4v) is 1.89. The number of rotatable bonds is 4. The highest BCUT2D eigenvalue weighted by atomic mass is 19.4. The van der Waals surface area contributed by atoms with Crippen molar-refractivity contribution in [2.75, 3.05) is 0 Å². The minimum Gasteiger partial charge on any atom is -0.488 e. The van der Waals surface area contributed by atoms with E-state index in [0.717, 1.165) is 6.07 Å². The number of nitrogen functional groups attached to an aromatic ring is 1. The van der Waals surface area contributed by atoms with Gasteiger partial charge in [-0.15, -0.1) is 0 Å². The standard InChI is InChI=1S/C15H13F3N2O/c16-15(17,18)12-7-3-4-8-13(12)21-9-10-5-1-2-6-11(10)14(19)20/h1-8H,9H2,(H3,19,20). The third kappa shape index (κ3) is 3.53. The molecule has 110 valence electrons. The first-order valence-electron chi connectivity index (χ1n) is 6.11. The predicted molar refractivity (Wildman–Crippen MR) is 73.2 cm³/mol. The predicted octanol–water partition coefficient (Wildman–Crippen LogP) is 3.57. The van der Waals surface area contributed by atoms with Gasteiger partial charge in [-0.2, -0.15) is 13.2 Å². The van der Waals surface area contributed by atoms with Crippen molar-refractivity contribution < 1.29 is 17.9 Å². The van der Waals surface area contributed by atoms with Crippen LogP contribution in [0.4, 0.5) is 13.2 Å². The first kappa shape index (κ1) is 14.9. The topological polar surface area (TPSA) is 59.1 Å². The molecule has 2 aromatic carbocycles. The van der Waals surface area contributed by atoms with Gasteiger partial charge in [0.25, 0.3) is 0 Å². The molecule has 0 aliphatic carbocycles. The van der Waals surface area contributed by atoms with Crippen LogP contribution in [0.5, 0.6) is 5.75 Å². The second-order valence-corrected chi connectivity index (χ2v) is 4.35. The van der Waals surface area contributed by atoms with Gasteiger partial charge in [-0.25, -0.2) is 0 Å². The highest BCUT2D eigenvalue weighted by molar-refractivity contribution is 5.96. The summed E-state index contributed by atoms with van der Waals surface area (Å²) in [5.74, 6) is -0.401. The Kier molecular flexibility index (Phi) is 4.16. The molecular formula is C15H13F3N2O. The van der Waals surface area contributed by atoms with Gasteiger partial charge in [0.2, 0.25) is 0 Å². The Morgan fingerprint density at radius 2 is 1.67 bits per heavy atom. The van der Waals surface area contributed by atoms with Crippen molar-refractivity contribution in [1.82, 2.24) is 0 Å². The molecule has 0 saturated carbocycles. The van der Waals surface area contributed by atoms with Gasteiger partial charge in [-0.05, 0) is 12.1 Å². The number of para-hydroxylation sites is 1. The van der Waals surface area contributed by atoms with Crippen LogP contribution in [0.2, 0.25) is 0 Å². The number of nitrogens with one attached hydrogen (secondary N) is 1. The van der Waals surface area contributed by atoms with Crippen LogP contribution in [0.15, 0.2) is 48.5 Å². The monoisotopic (exact) mass is 294 g/mol. The normalized spacial score (nSPS) is 11.2. The number of halogens is 3. The van der Waals surface area contributed by atoms with Gasteiger partial charge in [-0.1, -0.05) is 36.4 Å². The van der Waals surface area contributed by atoms with Gasteiger partial charge >= 0.3 is 6.18 Å². The average molecular weight is 294 g/mol. The zero-order valence-corrected chi connectivity index (χ0v) is 10.9. The Morgan fingerprint density at radius 3 is 2.33 bits per heavy atom. The summed E-state index contributed by atoms with van der Waals surface area (Å²) < 4.78 is 43.8. The Balaban J connectivity index is 2.24. The lowest BCUT2D eigenvalue weighted by Crippen LogP contribution is -2.15. The largest absolute Gasteiger partial charge is 0.488 e. The second kappa shape index (κ2) is 5.87. The van der Waals surface area contributed by atoms with Crippen molar-refractivity contribution in [3.05, 3.63) is 65.2 Å². The maximum atomic E-state index is 12.8. The van der Waals surface area contributed by atoms with Crippen LogP contribution in [0.1, 0.15) is 16.7 Å². The van der Waals surface area contributed by atoms with E-state index in [9.17, 15) is 13.2 Å². The number of nitrogens with two attached hydrogens (primary N) is 1. The summed E-state index contributed by atoms with van der Waals surface area (Å²) in [6, 6.07) is 11.7. The summed E-state index contributed by atoms with van der Waals surface area (Å²) in [6.45, 7) is -0.0944. The Hall–Kier alpha value is -2.50. The van der Waals surface area contributed by atoms with Gasteiger partial charge in [-0.3, -0.25) is 5.41 Å². The summed E-state index contributed by atoms with van der Waals surface area (Å²) >= 11 is 0. The maximum absolute atomic E-state index is 12.8. The van der Waals surface area contributed by atoms with E-state index in [1.165, 1.54) is 18.2 Å². The molecule has 3 nitrogen and oxygen atoms in total.